The highest BCUT2D eigenvalue weighted by molar-refractivity contribution is 5.86. The molecule has 106 valence electrons. The molecule has 0 saturated carbocycles. The van der Waals surface area contributed by atoms with Crippen LogP contribution in [0.3, 0.4) is 0 Å². The van der Waals surface area contributed by atoms with Crippen molar-refractivity contribution in [3.8, 4) is 0 Å². The van der Waals surface area contributed by atoms with Crippen LogP contribution in [-0.4, -0.2) is 44.3 Å². The maximum Gasteiger partial charge on any atom is 0.329 e. The monoisotopic (exact) mass is 267 g/mol. The number of aliphatic carboxylic acids is 1. The predicted molar refractivity (Wildman–Crippen MR) is 70.8 cm³/mol. The van der Waals surface area contributed by atoms with Gasteiger partial charge in [0.05, 0.1) is 5.69 Å². The lowest BCUT2D eigenvalue weighted by Gasteiger charge is -2.31. The van der Waals surface area contributed by atoms with E-state index in [-0.39, 0.29) is 12.3 Å². The molecule has 0 radical (unpaired) electrons. The lowest BCUT2D eigenvalue weighted by Crippen LogP contribution is -2.50. The van der Waals surface area contributed by atoms with Gasteiger partial charge in [0.25, 0.3) is 0 Å². The van der Waals surface area contributed by atoms with Crippen molar-refractivity contribution in [3.05, 3.63) is 17.5 Å². The van der Waals surface area contributed by atoms with E-state index < -0.39 is 11.5 Å². The van der Waals surface area contributed by atoms with Gasteiger partial charge in [0.1, 0.15) is 5.54 Å². The molecule has 1 rings (SSSR count). The molecule has 0 aliphatic carbocycles. The fraction of sp³-hybridized carbons (Fsp3) is 0.615. The maximum atomic E-state index is 12.0. The fourth-order valence-corrected chi connectivity index (χ4v) is 1.73. The Hall–Kier alpha value is -1.85. The molecular formula is C13H21N3O3. The van der Waals surface area contributed by atoms with Gasteiger partial charge < -0.3 is 10.0 Å². The topological polar surface area (TPSA) is 75.4 Å². The van der Waals surface area contributed by atoms with Crippen molar-refractivity contribution in [2.45, 2.75) is 46.2 Å². The second-order valence-electron chi connectivity index (χ2n) is 5.22. The fourth-order valence-electron chi connectivity index (χ4n) is 1.73. The van der Waals surface area contributed by atoms with E-state index >= 15 is 0 Å². The predicted octanol–water partition coefficient (Wildman–Crippen LogP) is 1.21. The van der Waals surface area contributed by atoms with E-state index in [0.29, 0.717) is 6.54 Å². The van der Waals surface area contributed by atoms with Crippen molar-refractivity contribution in [3.63, 3.8) is 0 Å². The minimum Gasteiger partial charge on any atom is -0.480 e. The molecule has 1 aromatic rings. The van der Waals surface area contributed by atoms with Gasteiger partial charge in [0.15, 0.2) is 0 Å². The van der Waals surface area contributed by atoms with Crippen molar-refractivity contribution in [2.75, 3.05) is 7.05 Å². The van der Waals surface area contributed by atoms with E-state index in [4.69, 9.17) is 5.11 Å². The maximum absolute atomic E-state index is 12.0. The molecule has 1 N–H and O–H groups in total. The van der Waals surface area contributed by atoms with Crippen molar-refractivity contribution >= 4 is 11.9 Å². The first-order chi connectivity index (χ1) is 8.66. The summed E-state index contributed by atoms with van der Waals surface area (Å²) in [4.78, 5) is 24.4. The highest BCUT2D eigenvalue weighted by Crippen LogP contribution is 2.14. The van der Waals surface area contributed by atoms with E-state index in [1.807, 2.05) is 19.9 Å². The van der Waals surface area contributed by atoms with Crippen LogP contribution in [0.1, 0.15) is 31.7 Å². The van der Waals surface area contributed by atoms with Gasteiger partial charge in [0, 0.05) is 25.7 Å². The van der Waals surface area contributed by atoms with E-state index in [2.05, 4.69) is 5.10 Å². The number of rotatable bonds is 5. The summed E-state index contributed by atoms with van der Waals surface area (Å²) in [5.74, 6) is -1.23. The Kier molecular flexibility index (Phi) is 4.34. The number of nitrogens with zero attached hydrogens (tertiary/aromatic N) is 3. The Morgan fingerprint density at radius 2 is 2.00 bits per heavy atom. The first-order valence-corrected chi connectivity index (χ1v) is 6.17. The summed E-state index contributed by atoms with van der Waals surface area (Å²) < 4.78 is 1.76. The average Bonchev–Trinajstić information content (AvgIpc) is 2.63. The van der Waals surface area contributed by atoms with Crippen LogP contribution in [0.15, 0.2) is 6.07 Å². The highest BCUT2D eigenvalue weighted by Gasteiger charge is 2.34. The summed E-state index contributed by atoms with van der Waals surface area (Å²) in [6.45, 7) is 7.30. The molecule has 1 aromatic heterocycles. The number of carboxylic acid groups (broad SMARTS) is 1. The zero-order chi connectivity index (χ0) is 14.8. The molecule has 0 aliphatic heterocycles. The summed E-state index contributed by atoms with van der Waals surface area (Å²) in [5, 5.41) is 13.4. The normalized spacial score (nSPS) is 11.4. The van der Waals surface area contributed by atoms with Crippen molar-refractivity contribution in [1.82, 2.24) is 14.7 Å². The zero-order valence-corrected chi connectivity index (χ0v) is 12.1. The van der Waals surface area contributed by atoms with Gasteiger partial charge in [0.2, 0.25) is 5.91 Å². The van der Waals surface area contributed by atoms with Crippen LogP contribution < -0.4 is 0 Å². The van der Waals surface area contributed by atoms with Crippen LogP contribution in [-0.2, 0) is 16.1 Å². The van der Waals surface area contributed by atoms with Crippen LogP contribution >= 0.6 is 0 Å². The molecule has 0 fully saturated rings. The molecular weight excluding hydrogens is 246 g/mol. The smallest absolute Gasteiger partial charge is 0.329 e. The molecule has 1 heterocycles. The Bertz CT molecular complexity index is 491. The average molecular weight is 267 g/mol. The number of aryl methyl sites for hydroxylation is 3. The van der Waals surface area contributed by atoms with Crippen LogP contribution in [0.5, 0.6) is 0 Å². The third-order valence-corrected chi connectivity index (χ3v) is 3.38. The molecule has 6 heteroatoms. The number of hydrogen-bond acceptors (Lipinski definition) is 3. The number of aromatic nitrogens is 2. The molecule has 0 atom stereocenters. The molecule has 0 aromatic carbocycles. The van der Waals surface area contributed by atoms with E-state index in [1.54, 1.807) is 4.68 Å². The first-order valence-electron chi connectivity index (χ1n) is 6.17. The lowest BCUT2D eigenvalue weighted by molar-refractivity contribution is -0.155. The largest absolute Gasteiger partial charge is 0.480 e. The van der Waals surface area contributed by atoms with Gasteiger partial charge in [-0.2, -0.15) is 5.10 Å². The number of carbonyl (C=O) groups excluding carboxylic acids is 1. The van der Waals surface area contributed by atoms with E-state index in [9.17, 15) is 9.59 Å². The third-order valence-electron chi connectivity index (χ3n) is 3.38. The number of likely N-dealkylation sites (N-methyl/N-ethyl adjacent to an activating group) is 1. The van der Waals surface area contributed by atoms with Crippen molar-refractivity contribution in [2.24, 2.45) is 0 Å². The quantitative estimate of drug-likeness (QED) is 0.870. The molecule has 0 bridgehead atoms. The van der Waals surface area contributed by atoms with E-state index in [1.165, 1.54) is 25.8 Å². The van der Waals surface area contributed by atoms with Gasteiger partial charge in [-0.05, 0) is 33.8 Å². The number of carboxylic acids is 1. The Morgan fingerprint density at radius 3 is 2.42 bits per heavy atom. The van der Waals surface area contributed by atoms with Crippen molar-refractivity contribution < 1.29 is 14.7 Å². The number of hydrogen-bond donors (Lipinski definition) is 1. The van der Waals surface area contributed by atoms with Crippen LogP contribution in [0, 0.1) is 13.8 Å². The second-order valence-corrected chi connectivity index (χ2v) is 5.22. The molecule has 1 amide bonds. The third kappa shape index (κ3) is 3.33. The molecule has 0 unspecified atom stereocenters. The lowest BCUT2D eigenvalue weighted by atomic mass is 10.0. The minimum atomic E-state index is -1.20. The van der Waals surface area contributed by atoms with Gasteiger partial charge in [-0.25, -0.2) is 4.79 Å². The van der Waals surface area contributed by atoms with Crippen LogP contribution in [0.25, 0.3) is 0 Å². The summed E-state index contributed by atoms with van der Waals surface area (Å²) in [5.41, 5.74) is 0.696. The SMILES string of the molecule is Cc1cc(C)n(CCC(=O)N(C)C(C)(C)C(=O)O)n1. The Morgan fingerprint density at radius 1 is 1.42 bits per heavy atom. The first kappa shape index (κ1) is 15.2. The Balaban J connectivity index is 2.66. The second kappa shape index (κ2) is 5.42. The summed E-state index contributed by atoms with van der Waals surface area (Å²) >= 11 is 0. The standard InChI is InChI=1S/C13H21N3O3/c1-9-8-10(2)16(14-9)7-6-11(17)15(5)13(3,4)12(18)19/h8H,6-7H2,1-5H3,(H,18,19). The number of carbonyl (C=O) groups is 2. The molecule has 0 saturated heterocycles. The molecule has 0 spiro atoms. The van der Waals surface area contributed by atoms with Gasteiger partial charge >= 0.3 is 5.97 Å². The molecule has 0 aliphatic rings. The number of amides is 1. The van der Waals surface area contributed by atoms with Crippen molar-refractivity contribution in [1.29, 1.82) is 0 Å². The summed E-state index contributed by atoms with van der Waals surface area (Å²) in [7, 11) is 1.51. The van der Waals surface area contributed by atoms with Crippen LogP contribution in [0.4, 0.5) is 0 Å². The molecule has 6 nitrogen and oxygen atoms in total. The van der Waals surface area contributed by atoms with E-state index in [0.717, 1.165) is 11.4 Å². The van der Waals surface area contributed by atoms with Crippen LogP contribution in [0.2, 0.25) is 0 Å². The molecule has 19 heavy (non-hydrogen) atoms. The summed E-state index contributed by atoms with van der Waals surface area (Å²) in [6.07, 6.45) is 0.231. The zero-order valence-electron chi connectivity index (χ0n) is 12.1. The minimum absolute atomic E-state index is 0.208. The van der Waals surface area contributed by atoms with Gasteiger partial charge in [-0.15, -0.1) is 0 Å². The van der Waals surface area contributed by atoms with Gasteiger partial charge in [-0.3, -0.25) is 9.48 Å². The summed E-state index contributed by atoms with van der Waals surface area (Å²) in [6, 6.07) is 1.94. The Labute approximate surface area is 113 Å². The highest BCUT2D eigenvalue weighted by atomic mass is 16.4. The van der Waals surface area contributed by atoms with Gasteiger partial charge in [-0.1, -0.05) is 0 Å².